The zero-order valence-corrected chi connectivity index (χ0v) is 18.2. The van der Waals surface area contributed by atoms with Crippen LogP contribution in [0, 0.1) is 6.92 Å². The Hall–Kier alpha value is -3.13. The van der Waals surface area contributed by atoms with Gasteiger partial charge in [0.25, 0.3) is 0 Å². The summed E-state index contributed by atoms with van der Waals surface area (Å²) in [5.41, 5.74) is 6.46. The maximum atomic E-state index is 9.15. The lowest BCUT2D eigenvalue weighted by Gasteiger charge is -2.21. The molecule has 1 fully saturated rings. The Bertz CT molecular complexity index is 1490. The number of benzene rings is 3. The summed E-state index contributed by atoms with van der Waals surface area (Å²) in [6.45, 7) is 2.16. The van der Waals surface area contributed by atoms with Gasteiger partial charge >= 0.3 is 0 Å². The molecular weight excluding hydrogens is 378 g/mol. The molecule has 2 aromatic heterocycles. The zero-order valence-electron chi connectivity index (χ0n) is 19.2. The molecule has 0 spiro atoms. The van der Waals surface area contributed by atoms with Crippen molar-refractivity contribution in [2.45, 2.75) is 44.9 Å². The minimum absolute atomic E-state index is 0.479. The Labute approximate surface area is 184 Å². The van der Waals surface area contributed by atoms with E-state index in [0.29, 0.717) is 0 Å². The molecular formula is C29H28NO+. The molecule has 0 N–H and O–H groups in total. The van der Waals surface area contributed by atoms with Gasteiger partial charge in [-0.15, -0.1) is 0 Å². The Kier molecular flexibility index (Phi) is 4.09. The summed E-state index contributed by atoms with van der Waals surface area (Å²) < 4.78 is 18.0. The fraction of sp³-hybridized carbons (Fsp3) is 0.276. The predicted molar refractivity (Wildman–Crippen MR) is 128 cm³/mol. The molecule has 0 radical (unpaired) electrons. The highest BCUT2D eigenvalue weighted by molar-refractivity contribution is 6.17. The van der Waals surface area contributed by atoms with Crippen molar-refractivity contribution in [2.75, 3.05) is 0 Å². The summed E-state index contributed by atoms with van der Waals surface area (Å²) in [4.78, 5) is 0. The zero-order chi connectivity index (χ0) is 21.9. The van der Waals surface area contributed by atoms with E-state index in [1.165, 1.54) is 17.4 Å². The van der Waals surface area contributed by atoms with Crippen LogP contribution in [-0.2, 0) is 7.05 Å². The van der Waals surface area contributed by atoms with E-state index in [-0.39, 0.29) is 0 Å². The van der Waals surface area contributed by atoms with E-state index in [1.807, 2.05) is 0 Å². The highest BCUT2D eigenvalue weighted by Crippen LogP contribution is 2.40. The first kappa shape index (κ1) is 17.5. The van der Waals surface area contributed by atoms with Gasteiger partial charge in [-0.3, -0.25) is 0 Å². The number of aryl methyl sites for hydroxylation is 2. The van der Waals surface area contributed by atoms with Crippen molar-refractivity contribution in [2.24, 2.45) is 7.05 Å². The Morgan fingerprint density at radius 3 is 2.52 bits per heavy atom. The van der Waals surface area contributed by atoms with Crippen LogP contribution in [0.4, 0.5) is 0 Å². The largest absolute Gasteiger partial charge is 0.454 e. The molecule has 31 heavy (non-hydrogen) atoms. The summed E-state index contributed by atoms with van der Waals surface area (Å²) >= 11 is 0. The number of pyridine rings is 1. The van der Waals surface area contributed by atoms with Gasteiger partial charge in [-0.05, 0) is 48.2 Å². The Balaban J connectivity index is 1.63. The van der Waals surface area contributed by atoms with Crippen LogP contribution in [0.3, 0.4) is 0 Å². The molecule has 0 aliphatic heterocycles. The molecule has 0 unspecified atom stereocenters. The number of rotatable bonds is 2. The van der Waals surface area contributed by atoms with Gasteiger partial charge in [0.05, 0.1) is 5.56 Å². The molecule has 0 amide bonds. The third-order valence-corrected chi connectivity index (χ3v) is 7.01. The first-order chi connectivity index (χ1) is 15.5. The average Bonchev–Trinajstić information content (AvgIpc) is 3.19. The van der Waals surface area contributed by atoms with Crippen LogP contribution >= 0.6 is 0 Å². The van der Waals surface area contributed by atoms with Crippen molar-refractivity contribution in [3.63, 3.8) is 0 Å². The van der Waals surface area contributed by atoms with Crippen LogP contribution in [0.25, 0.3) is 44.0 Å². The number of furan rings is 1. The van der Waals surface area contributed by atoms with Gasteiger partial charge < -0.3 is 4.42 Å². The number of hydrogen-bond acceptors (Lipinski definition) is 1. The van der Waals surface area contributed by atoms with E-state index < -0.39 is 5.89 Å². The van der Waals surface area contributed by atoms with Gasteiger partial charge in [-0.2, -0.15) is 0 Å². The molecule has 1 aliphatic carbocycles. The predicted octanol–water partition coefficient (Wildman–Crippen LogP) is 7.59. The second-order valence-corrected chi connectivity index (χ2v) is 8.98. The van der Waals surface area contributed by atoms with Gasteiger partial charge in [0, 0.05) is 29.7 Å². The van der Waals surface area contributed by atoms with E-state index in [4.69, 9.17) is 5.79 Å². The fourth-order valence-electron chi connectivity index (χ4n) is 5.29. The number of hydrogen-bond donors (Lipinski definition) is 0. The number of fused-ring (bicyclic) bond motifs is 5. The molecule has 5 aromatic rings. The summed E-state index contributed by atoms with van der Waals surface area (Å²) in [5.74, 6) is -0.479. The lowest BCUT2D eigenvalue weighted by Crippen LogP contribution is -2.31. The summed E-state index contributed by atoms with van der Waals surface area (Å²) in [6.07, 6.45) is 7.54. The van der Waals surface area contributed by atoms with E-state index in [9.17, 15) is 0 Å². The average molecular weight is 408 g/mol. The lowest BCUT2D eigenvalue weighted by atomic mass is 9.84. The highest BCUT2D eigenvalue weighted by Gasteiger charge is 2.24. The van der Waals surface area contributed by atoms with Gasteiger partial charge in [-0.25, -0.2) is 4.57 Å². The second kappa shape index (κ2) is 7.23. The quantitative estimate of drug-likeness (QED) is 0.276. The lowest BCUT2D eigenvalue weighted by molar-refractivity contribution is -0.660. The SMILES string of the molecule is [2H]C1(c2cc[n+](C)c(-c3c(C)ccc4c3oc3c5ccccc5ccc43)c2)CCCCC1. The molecule has 2 heteroatoms. The van der Waals surface area contributed by atoms with Gasteiger partial charge in [0.1, 0.15) is 18.2 Å². The molecule has 2 heterocycles. The van der Waals surface area contributed by atoms with Crippen molar-refractivity contribution in [1.82, 2.24) is 0 Å². The molecule has 0 saturated heterocycles. The number of nitrogens with zero attached hydrogens (tertiary/aromatic N) is 1. The van der Waals surface area contributed by atoms with Crippen molar-refractivity contribution < 1.29 is 10.4 Å². The molecule has 1 saturated carbocycles. The van der Waals surface area contributed by atoms with Crippen molar-refractivity contribution in [3.05, 3.63) is 78.0 Å². The van der Waals surface area contributed by atoms with Gasteiger partial charge in [-0.1, -0.05) is 61.7 Å². The fourth-order valence-corrected chi connectivity index (χ4v) is 5.29. The standard InChI is InChI=1S/C29H28NO/c1-19-12-14-25-24-15-13-21-10-6-7-11-23(21)28(24)31-29(25)27(19)26-18-22(16-17-30(26)2)20-8-4-3-5-9-20/h6-7,10-18,20H,3-5,8-9H2,1-2H3/q+1/i20D. The normalized spacial score (nSPS) is 16.8. The van der Waals surface area contributed by atoms with Gasteiger partial charge in [0.2, 0.25) is 5.69 Å². The molecule has 6 rings (SSSR count). The van der Waals surface area contributed by atoms with Crippen molar-refractivity contribution >= 4 is 32.7 Å². The summed E-state index contributed by atoms with van der Waals surface area (Å²) in [5, 5.41) is 4.64. The smallest absolute Gasteiger partial charge is 0.216 e. The van der Waals surface area contributed by atoms with E-state index in [1.54, 1.807) is 0 Å². The third-order valence-electron chi connectivity index (χ3n) is 7.01. The monoisotopic (exact) mass is 407 g/mol. The van der Waals surface area contributed by atoms with Crippen LogP contribution in [0.5, 0.6) is 0 Å². The van der Waals surface area contributed by atoms with Crippen molar-refractivity contribution in [3.8, 4) is 11.3 Å². The summed E-state index contributed by atoms with van der Waals surface area (Å²) in [6, 6.07) is 21.5. The van der Waals surface area contributed by atoms with Crippen LogP contribution in [0.15, 0.2) is 71.3 Å². The second-order valence-electron chi connectivity index (χ2n) is 8.98. The van der Waals surface area contributed by atoms with Gasteiger partial charge in [0.15, 0.2) is 6.20 Å². The maximum absolute atomic E-state index is 9.15. The third kappa shape index (κ3) is 2.96. The summed E-state index contributed by atoms with van der Waals surface area (Å²) in [7, 11) is 2.09. The first-order valence-electron chi connectivity index (χ1n) is 11.9. The van der Waals surface area contributed by atoms with E-state index in [2.05, 4.69) is 85.4 Å². The van der Waals surface area contributed by atoms with Crippen LogP contribution in [-0.4, -0.2) is 0 Å². The van der Waals surface area contributed by atoms with E-state index in [0.717, 1.165) is 69.8 Å². The molecule has 1 aliphatic rings. The maximum Gasteiger partial charge on any atom is 0.216 e. The minimum atomic E-state index is -0.479. The molecule has 0 bridgehead atoms. The Morgan fingerprint density at radius 2 is 1.65 bits per heavy atom. The topological polar surface area (TPSA) is 17.0 Å². The molecule has 3 aromatic carbocycles. The number of aromatic nitrogens is 1. The molecule has 0 atom stereocenters. The molecule has 2 nitrogen and oxygen atoms in total. The Morgan fingerprint density at radius 1 is 0.871 bits per heavy atom. The van der Waals surface area contributed by atoms with E-state index >= 15 is 0 Å². The molecule has 154 valence electrons. The van der Waals surface area contributed by atoms with Crippen molar-refractivity contribution in [1.29, 1.82) is 0 Å². The highest BCUT2D eigenvalue weighted by atomic mass is 16.3. The van der Waals surface area contributed by atoms with Crippen LogP contribution < -0.4 is 4.57 Å². The van der Waals surface area contributed by atoms with Crippen LogP contribution in [0.2, 0.25) is 0 Å². The minimum Gasteiger partial charge on any atom is -0.454 e. The van der Waals surface area contributed by atoms with Crippen LogP contribution in [0.1, 0.15) is 50.5 Å². The first-order valence-corrected chi connectivity index (χ1v) is 11.4.